The number of ether oxygens (including phenoxy) is 2. The third-order valence-electron chi connectivity index (χ3n) is 6.33. The quantitative estimate of drug-likeness (QED) is 0.630. The average molecular weight is 447 g/mol. The summed E-state index contributed by atoms with van der Waals surface area (Å²) >= 11 is 0. The summed E-state index contributed by atoms with van der Waals surface area (Å²) in [5, 5.41) is 3.01. The summed E-state index contributed by atoms with van der Waals surface area (Å²) in [7, 11) is 0. The fourth-order valence-electron chi connectivity index (χ4n) is 4.28. The normalized spacial score (nSPS) is 17.8. The number of nitrogens with zero attached hydrogens (tertiary/aromatic N) is 3. The third-order valence-corrected chi connectivity index (χ3v) is 6.33. The number of hydrogen-bond donors (Lipinski definition) is 1. The van der Waals surface area contributed by atoms with E-state index >= 15 is 0 Å². The maximum absolute atomic E-state index is 12.6. The van der Waals surface area contributed by atoms with Crippen LogP contribution in [0.25, 0.3) is 0 Å². The van der Waals surface area contributed by atoms with E-state index in [4.69, 9.17) is 9.47 Å². The molecule has 2 heterocycles. The molecule has 2 fully saturated rings. The van der Waals surface area contributed by atoms with E-state index < -0.39 is 0 Å². The Hall–Kier alpha value is -2.32. The molecule has 178 valence electrons. The van der Waals surface area contributed by atoms with Gasteiger partial charge in [0.15, 0.2) is 0 Å². The van der Waals surface area contributed by atoms with Crippen LogP contribution in [0.1, 0.15) is 32.3 Å². The Labute approximate surface area is 191 Å². The number of nitrogens with one attached hydrogen (secondary N) is 1. The molecule has 8 heteroatoms. The van der Waals surface area contributed by atoms with Gasteiger partial charge in [-0.3, -0.25) is 9.69 Å². The first kappa shape index (κ1) is 24.3. The predicted octanol–water partition coefficient (Wildman–Crippen LogP) is 2.19. The summed E-state index contributed by atoms with van der Waals surface area (Å²) in [6.07, 6.45) is 1.46. The van der Waals surface area contributed by atoms with Gasteiger partial charge in [-0.2, -0.15) is 0 Å². The Morgan fingerprint density at radius 2 is 1.84 bits per heavy atom. The second-order valence-corrected chi connectivity index (χ2v) is 8.38. The molecule has 0 aromatic heterocycles. The molecule has 3 rings (SSSR count). The van der Waals surface area contributed by atoms with Crippen LogP contribution in [0.5, 0.6) is 5.75 Å². The highest BCUT2D eigenvalue weighted by Crippen LogP contribution is 2.20. The molecule has 2 saturated heterocycles. The molecular formula is C24H38N4O4. The largest absolute Gasteiger partial charge is 0.492 e. The second-order valence-electron chi connectivity index (χ2n) is 8.38. The van der Waals surface area contributed by atoms with Crippen LogP contribution < -0.4 is 10.1 Å². The molecule has 32 heavy (non-hydrogen) atoms. The maximum Gasteiger partial charge on any atom is 0.317 e. The van der Waals surface area contributed by atoms with Crippen LogP contribution in [0.3, 0.4) is 0 Å². The van der Waals surface area contributed by atoms with Crippen LogP contribution in [0, 0.1) is 5.92 Å². The monoisotopic (exact) mass is 446 g/mol. The van der Waals surface area contributed by atoms with E-state index in [0.29, 0.717) is 26.2 Å². The Morgan fingerprint density at radius 3 is 2.53 bits per heavy atom. The van der Waals surface area contributed by atoms with Crippen molar-refractivity contribution >= 4 is 11.9 Å². The molecule has 0 radical (unpaired) electrons. The highest BCUT2D eigenvalue weighted by molar-refractivity contribution is 5.79. The number of likely N-dealkylation sites (tertiary alicyclic amines) is 1. The number of carbonyl (C=O) groups excluding carboxylic acids is 2. The zero-order chi connectivity index (χ0) is 22.8. The summed E-state index contributed by atoms with van der Waals surface area (Å²) < 4.78 is 11.3. The molecule has 1 N–H and O–H groups in total. The lowest BCUT2D eigenvalue weighted by atomic mass is 9.95. The Balaban J connectivity index is 1.38. The fraction of sp³-hybridized carbons (Fsp3) is 0.667. The lowest BCUT2D eigenvalue weighted by Gasteiger charge is -2.33. The van der Waals surface area contributed by atoms with Crippen LogP contribution in [0.2, 0.25) is 0 Å². The van der Waals surface area contributed by atoms with Crippen LogP contribution >= 0.6 is 0 Å². The molecule has 0 bridgehead atoms. The zero-order valence-electron chi connectivity index (χ0n) is 19.6. The minimum atomic E-state index is -0.0719. The first-order valence-corrected chi connectivity index (χ1v) is 11.9. The molecule has 1 aromatic carbocycles. The first-order chi connectivity index (χ1) is 15.6. The fourth-order valence-corrected chi connectivity index (χ4v) is 4.28. The summed E-state index contributed by atoms with van der Waals surface area (Å²) in [6, 6.07) is 7.80. The van der Waals surface area contributed by atoms with Gasteiger partial charge in [-0.05, 0) is 44.4 Å². The Morgan fingerprint density at radius 1 is 1.12 bits per heavy atom. The van der Waals surface area contributed by atoms with Gasteiger partial charge in [0, 0.05) is 58.3 Å². The minimum absolute atomic E-state index is 0.0326. The van der Waals surface area contributed by atoms with Crippen molar-refractivity contribution in [3.05, 3.63) is 29.8 Å². The van der Waals surface area contributed by atoms with Crippen LogP contribution in [-0.2, 0) is 16.1 Å². The zero-order valence-corrected chi connectivity index (χ0v) is 19.6. The van der Waals surface area contributed by atoms with Crippen molar-refractivity contribution in [2.45, 2.75) is 33.2 Å². The van der Waals surface area contributed by atoms with Gasteiger partial charge in [-0.1, -0.05) is 12.1 Å². The predicted molar refractivity (Wildman–Crippen MR) is 124 cm³/mol. The van der Waals surface area contributed by atoms with Gasteiger partial charge in [-0.15, -0.1) is 0 Å². The van der Waals surface area contributed by atoms with Gasteiger partial charge >= 0.3 is 6.03 Å². The first-order valence-electron chi connectivity index (χ1n) is 11.9. The number of hydrogen-bond acceptors (Lipinski definition) is 5. The van der Waals surface area contributed by atoms with Crippen molar-refractivity contribution in [1.29, 1.82) is 0 Å². The highest BCUT2D eigenvalue weighted by Gasteiger charge is 2.29. The summed E-state index contributed by atoms with van der Waals surface area (Å²) in [4.78, 5) is 31.2. The topological polar surface area (TPSA) is 74.4 Å². The van der Waals surface area contributed by atoms with Gasteiger partial charge in [0.2, 0.25) is 5.91 Å². The maximum atomic E-state index is 12.6. The molecule has 0 saturated carbocycles. The number of benzene rings is 1. The minimum Gasteiger partial charge on any atom is -0.492 e. The van der Waals surface area contributed by atoms with Gasteiger partial charge in [0.25, 0.3) is 0 Å². The molecule has 3 amide bonds. The molecule has 1 aromatic rings. The SMILES string of the molecule is CCN(CC)C(=O)C1CCN(C(=O)NCc2cccc(OCCN3CCOCC3)c2)CC1. The van der Waals surface area contributed by atoms with E-state index in [-0.39, 0.29) is 17.9 Å². The molecule has 0 aliphatic carbocycles. The number of morpholine rings is 1. The molecular weight excluding hydrogens is 408 g/mol. The van der Waals surface area contributed by atoms with E-state index in [2.05, 4.69) is 10.2 Å². The van der Waals surface area contributed by atoms with Crippen molar-refractivity contribution < 1.29 is 19.1 Å². The van der Waals surface area contributed by atoms with Crippen LogP contribution in [0.4, 0.5) is 4.79 Å². The van der Waals surface area contributed by atoms with Gasteiger partial charge < -0.3 is 24.6 Å². The van der Waals surface area contributed by atoms with Gasteiger partial charge in [0.05, 0.1) is 13.2 Å². The van der Waals surface area contributed by atoms with E-state index in [1.54, 1.807) is 0 Å². The van der Waals surface area contributed by atoms with E-state index in [0.717, 1.165) is 70.1 Å². The lowest BCUT2D eigenvalue weighted by Crippen LogP contribution is -2.47. The summed E-state index contributed by atoms with van der Waals surface area (Å²) in [6.45, 7) is 12.2. The number of carbonyl (C=O) groups is 2. The van der Waals surface area contributed by atoms with Crippen molar-refractivity contribution in [2.75, 3.05) is 65.6 Å². The van der Waals surface area contributed by atoms with Crippen LogP contribution in [0.15, 0.2) is 24.3 Å². The summed E-state index contributed by atoms with van der Waals surface area (Å²) in [5.41, 5.74) is 1.01. The Kier molecular flexibility index (Phi) is 9.62. The summed E-state index contributed by atoms with van der Waals surface area (Å²) in [5.74, 6) is 1.08. The van der Waals surface area contributed by atoms with E-state index in [1.165, 1.54) is 0 Å². The molecule has 8 nitrogen and oxygen atoms in total. The molecule has 2 aliphatic rings. The number of urea groups is 1. The van der Waals surface area contributed by atoms with Crippen molar-refractivity contribution in [3.8, 4) is 5.75 Å². The lowest BCUT2D eigenvalue weighted by molar-refractivity contribution is -0.136. The number of rotatable bonds is 9. The molecule has 0 spiro atoms. The third kappa shape index (κ3) is 7.10. The second kappa shape index (κ2) is 12.6. The van der Waals surface area contributed by atoms with E-state index in [9.17, 15) is 9.59 Å². The van der Waals surface area contributed by atoms with Crippen LogP contribution in [-0.4, -0.2) is 92.3 Å². The molecule has 0 unspecified atom stereocenters. The average Bonchev–Trinajstić information content (AvgIpc) is 2.84. The van der Waals surface area contributed by atoms with E-state index in [1.807, 2.05) is 47.9 Å². The number of piperidine rings is 1. The van der Waals surface area contributed by atoms with Gasteiger partial charge in [0.1, 0.15) is 12.4 Å². The Bertz CT molecular complexity index is 726. The van der Waals surface area contributed by atoms with Crippen molar-refractivity contribution in [2.24, 2.45) is 5.92 Å². The molecule has 2 aliphatic heterocycles. The smallest absolute Gasteiger partial charge is 0.317 e. The molecule has 0 atom stereocenters. The standard InChI is InChI=1S/C24H38N4O4/c1-3-27(4-2)23(29)21-8-10-28(11-9-21)24(30)25-19-20-6-5-7-22(18-20)32-17-14-26-12-15-31-16-13-26/h5-7,18,21H,3-4,8-17,19H2,1-2H3,(H,25,30). The van der Waals surface area contributed by atoms with Gasteiger partial charge in [-0.25, -0.2) is 4.79 Å². The van der Waals surface area contributed by atoms with Crippen molar-refractivity contribution in [3.63, 3.8) is 0 Å². The van der Waals surface area contributed by atoms with Crippen molar-refractivity contribution in [1.82, 2.24) is 20.0 Å². The number of amides is 3. The highest BCUT2D eigenvalue weighted by atomic mass is 16.5.